The number of hydrogen-bond donors (Lipinski definition) is 1. The van der Waals surface area contributed by atoms with Gasteiger partial charge < -0.3 is 5.32 Å². The Bertz CT molecular complexity index is 1220. The average Bonchev–Trinajstić information content (AvgIpc) is 3.35. The van der Waals surface area contributed by atoms with Crippen LogP contribution in [-0.2, 0) is 17.8 Å². The quantitative estimate of drug-likeness (QED) is 0.458. The van der Waals surface area contributed by atoms with Gasteiger partial charge in [0.05, 0.1) is 11.7 Å². The molecule has 0 spiro atoms. The fourth-order valence-electron chi connectivity index (χ4n) is 3.42. The van der Waals surface area contributed by atoms with Crippen LogP contribution < -0.4 is 10.9 Å². The van der Waals surface area contributed by atoms with Crippen LogP contribution in [0.25, 0.3) is 20.7 Å². The van der Waals surface area contributed by atoms with E-state index in [9.17, 15) is 9.59 Å². The number of rotatable bonds is 7. The minimum atomic E-state index is -0.178. The third-order valence-electron chi connectivity index (χ3n) is 5.00. The summed E-state index contributed by atoms with van der Waals surface area (Å²) in [4.78, 5) is 33.0. The van der Waals surface area contributed by atoms with Gasteiger partial charge >= 0.3 is 0 Å². The first kappa shape index (κ1) is 20.5. The van der Waals surface area contributed by atoms with Crippen LogP contribution in [0, 0.1) is 6.92 Å². The van der Waals surface area contributed by atoms with Gasteiger partial charge in [0, 0.05) is 26.7 Å². The molecule has 7 heteroatoms. The van der Waals surface area contributed by atoms with Crippen LogP contribution in [0.5, 0.6) is 0 Å². The molecule has 0 radical (unpaired) electrons. The second kappa shape index (κ2) is 8.93. The Labute approximate surface area is 183 Å². The van der Waals surface area contributed by atoms with Crippen LogP contribution in [0.1, 0.15) is 23.8 Å². The molecule has 1 atom stereocenters. The molecule has 0 aliphatic rings. The van der Waals surface area contributed by atoms with Crippen molar-refractivity contribution in [3.05, 3.63) is 75.0 Å². The fraction of sp³-hybridized carbons (Fsp3) is 0.261. The van der Waals surface area contributed by atoms with E-state index in [-0.39, 0.29) is 24.1 Å². The molecule has 0 bridgehead atoms. The molecule has 5 nitrogen and oxygen atoms in total. The number of carbonyl (C=O) groups is 1. The van der Waals surface area contributed by atoms with E-state index in [0.717, 1.165) is 23.3 Å². The Morgan fingerprint density at radius 3 is 2.73 bits per heavy atom. The monoisotopic (exact) mass is 437 g/mol. The zero-order valence-corrected chi connectivity index (χ0v) is 18.6. The summed E-state index contributed by atoms with van der Waals surface area (Å²) in [6, 6.07) is 14.3. The highest BCUT2D eigenvalue weighted by atomic mass is 32.1. The first-order valence-corrected chi connectivity index (χ1v) is 11.6. The van der Waals surface area contributed by atoms with Crippen LogP contribution in [0.4, 0.5) is 0 Å². The number of fused-ring (bicyclic) bond motifs is 1. The SMILES string of the molecule is Cc1ccc(-c2csc3ncn(CC(=O)NC(C)CCc4ccccc4)c(=O)c23)s1. The van der Waals surface area contributed by atoms with Crippen molar-refractivity contribution in [1.82, 2.24) is 14.9 Å². The third-order valence-corrected chi connectivity index (χ3v) is 6.92. The number of benzene rings is 1. The number of aromatic nitrogens is 2. The van der Waals surface area contributed by atoms with E-state index in [4.69, 9.17) is 0 Å². The summed E-state index contributed by atoms with van der Waals surface area (Å²) in [5.41, 5.74) is 1.98. The number of thiophene rings is 2. The van der Waals surface area contributed by atoms with E-state index >= 15 is 0 Å². The predicted octanol–water partition coefficient (Wildman–Crippen LogP) is 4.63. The van der Waals surface area contributed by atoms with Crippen LogP contribution in [0.2, 0.25) is 0 Å². The molecule has 3 heterocycles. The van der Waals surface area contributed by atoms with Crippen LogP contribution in [0.15, 0.2) is 59.0 Å². The number of amides is 1. The summed E-state index contributed by atoms with van der Waals surface area (Å²) in [5, 5.41) is 5.56. The molecule has 30 heavy (non-hydrogen) atoms. The topological polar surface area (TPSA) is 64.0 Å². The van der Waals surface area contributed by atoms with Crippen molar-refractivity contribution >= 4 is 38.8 Å². The van der Waals surface area contributed by atoms with Crippen molar-refractivity contribution in [2.24, 2.45) is 0 Å². The highest BCUT2D eigenvalue weighted by Gasteiger charge is 2.16. The summed E-state index contributed by atoms with van der Waals surface area (Å²) < 4.78 is 1.40. The second-order valence-corrected chi connectivity index (χ2v) is 9.56. The van der Waals surface area contributed by atoms with Gasteiger partial charge in [-0.3, -0.25) is 14.2 Å². The fourth-order valence-corrected chi connectivity index (χ4v) is 5.28. The van der Waals surface area contributed by atoms with Gasteiger partial charge in [-0.25, -0.2) is 4.98 Å². The standard InChI is InChI=1S/C23H23N3O2S2/c1-15(8-10-17-6-4-3-5-7-17)25-20(27)12-26-14-24-22-21(23(26)28)18(13-29-22)19-11-9-16(2)30-19/h3-7,9,11,13-15H,8,10,12H2,1-2H3,(H,25,27). The van der Waals surface area contributed by atoms with Crippen molar-refractivity contribution in [3.63, 3.8) is 0 Å². The average molecular weight is 438 g/mol. The molecule has 1 aromatic carbocycles. The summed E-state index contributed by atoms with van der Waals surface area (Å²) in [5.74, 6) is -0.178. The molecule has 0 saturated heterocycles. The van der Waals surface area contributed by atoms with Gasteiger partial charge in [0.25, 0.3) is 5.56 Å². The highest BCUT2D eigenvalue weighted by molar-refractivity contribution is 7.19. The van der Waals surface area contributed by atoms with Gasteiger partial charge in [0.15, 0.2) is 0 Å². The molecule has 4 rings (SSSR count). The number of hydrogen-bond acceptors (Lipinski definition) is 5. The third kappa shape index (κ3) is 4.52. The van der Waals surface area contributed by atoms with Crippen molar-refractivity contribution in [2.45, 2.75) is 39.3 Å². The zero-order chi connectivity index (χ0) is 21.1. The van der Waals surface area contributed by atoms with E-state index in [1.807, 2.05) is 49.6 Å². The molecular weight excluding hydrogens is 414 g/mol. The predicted molar refractivity (Wildman–Crippen MR) is 124 cm³/mol. The molecular formula is C23H23N3O2S2. The maximum Gasteiger partial charge on any atom is 0.263 e. The van der Waals surface area contributed by atoms with E-state index in [1.165, 1.54) is 32.7 Å². The van der Waals surface area contributed by atoms with Gasteiger partial charge in [-0.05, 0) is 44.4 Å². The maximum atomic E-state index is 13.1. The maximum absolute atomic E-state index is 13.1. The summed E-state index contributed by atoms with van der Waals surface area (Å²) >= 11 is 3.11. The zero-order valence-electron chi connectivity index (χ0n) is 16.9. The Morgan fingerprint density at radius 1 is 1.20 bits per heavy atom. The van der Waals surface area contributed by atoms with Gasteiger partial charge in [-0.15, -0.1) is 22.7 Å². The Kier molecular flexibility index (Phi) is 6.11. The van der Waals surface area contributed by atoms with Crippen molar-refractivity contribution < 1.29 is 4.79 Å². The first-order chi connectivity index (χ1) is 14.5. The summed E-state index contributed by atoms with van der Waals surface area (Å²) in [6.45, 7) is 4.00. The molecule has 1 unspecified atom stereocenters. The largest absolute Gasteiger partial charge is 0.352 e. The normalized spacial score (nSPS) is 12.2. The van der Waals surface area contributed by atoms with Gasteiger partial charge in [-0.2, -0.15) is 0 Å². The molecule has 0 saturated carbocycles. The molecule has 1 amide bonds. The number of nitrogens with zero attached hydrogens (tertiary/aromatic N) is 2. The molecule has 154 valence electrons. The van der Waals surface area contributed by atoms with E-state index < -0.39 is 0 Å². The van der Waals surface area contributed by atoms with Gasteiger partial charge in [-0.1, -0.05) is 30.3 Å². The molecule has 3 aromatic heterocycles. The molecule has 0 fully saturated rings. The van der Waals surface area contributed by atoms with Crippen LogP contribution >= 0.6 is 22.7 Å². The van der Waals surface area contributed by atoms with Gasteiger partial charge in [0.1, 0.15) is 11.4 Å². The lowest BCUT2D eigenvalue weighted by Crippen LogP contribution is -2.37. The lowest BCUT2D eigenvalue weighted by Gasteiger charge is -2.14. The number of nitrogens with one attached hydrogen (secondary N) is 1. The van der Waals surface area contributed by atoms with Crippen molar-refractivity contribution in [2.75, 3.05) is 0 Å². The molecule has 0 aliphatic carbocycles. The van der Waals surface area contributed by atoms with E-state index in [2.05, 4.69) is 22.4 Å². The molecule has 4 aromatic rings. The minimum absolute atomic E-state index is 0.0240. The number of carbonyl (C=O) groups excluding carboxylic acids is 1. The van der Waals surface area contributed by atoms with Crippen molar-refractivity contribution in [1.29, 1.82) is 0 Å². The second-order valence-electron chi connectivity index (χ2n) is 7.41. The van der Waals surface area contributed by atoms with Crippen LogP contribution in [-0.4, -0.2) is 21.5 Å². The Morgan fingerprint density at radius 2 is 2.00 bits per heavy atom. The first-order valence-electron chi connectivity index (χ1n) is 9.88. The van der Waals surface area contributed by atoms with E-state index in [0.29, 0.717) is 10.2 Å². The van der Waals surface area contributed by atoms with Gasteiger partial charge in [0.2, 0.25) is 5.91 Å². The lowest BCUT2D eigenvalue weighted by atomic mass is 10.1. The summed E-state index contributed by atoms with van der Waals surface area (Å²) in [6.07, 6.45) is 3.21. The molecule has 0 aliphatic heterocycles. The lowest BCUT2D eigenvalue weighted by molar-refractivity contribution is -0.122. The summed E-state index contributed by atoms with van der Waals surface area (Å²) in [7, 11) is 0. The number of aryl methyl sites for hydroxylation is 2. The molecule has 1 N–H and O–H groups in total. The van der Waals surface area contributed by atoms with E-state index in [1.54, 1.807) is 11.3 Å². The smallest absolute Gasteiger partial charge is 0.263 e. The Hall–Kier alpha value is -2.77. The highest BCUT2D eigenvalue weighted by Crippen LogP contribution is 2.34. The van der Waals surface area contributed by atoms with Crippen LogP contribution in [0.3, 0.4) is 0 Å². The Balaban J connectivity index is 1.46. The van der Waals surface area contributed by atoms with Crippen molar-refractivity contribution in [3.8, 4) is 10.4 Å². The minimum Gasteiger partial charge on any atom is -0.352 e.